The maximum atomic E-state index is 6.39. The molecule has 0 bridgehead atoms. The predicted octanol–water partition coefficient (Wildman–Crippen LogP) is 3.80. The van der Waals surface area contributed by atoms with Gasteiger partial charge in [0.2, 0.25) is 0 Å². The van der Waals surface area contributed by atoms with Gasteiger partial charge in [-0.25, -0.2) is 9.78 Å². The van der Waals surface area contributed by atoms with Crippen LogP contribution in [0.3, 0.4) is 0 Å². The largest absolute Gasteiger partial charge is 0.408 e. The fourth-order valence-corrected chi connectivity index (χ4v) is 2.40. The van der Waals surface area contributed by atoms with Crippen molar-refractivity contribution in [3.05, 3.63) is 45.9 Å². The van der Waals surface area contributed by atoms with E-state index in [0.29, 0.717) is 16.6 Å². The zero-order valence-electron chi connectivity index (χ0n) is 10.6. The molecule has 3 rings (SSSR count). The number of halogens is 1. The lowest BCUT2D eigenvalue weighted by atomic mass is 10.3. The van der Waals surface area contributed by atoms with E-state index in [1.807, 2.05) is 37.3 Å². The Bertz CT molecular complexity index is 790. The van der Waals surface area contributed by atoms with Crippen LogP contribution in [0.25, 0.3) is 17.3 Å². The Kier molecular flexibility index (Phi) is 3.42. The Balaban J connectivity index is 2.27. The maximum absolute atomic E-state index is 6.39. The molecule has 102 valence electrons. The summed E-state index contributed by atoms with van der Waals surface area (Å²) >= 11 is 11.3. The van der Waals surface area contributed by atoms with Crippen LogP contribution in [0.2, 0.25) is 5.02 Å². The average Bonchev–Trinajstić information content (AvgIpc) is 3.03. The molecule has 0 aliphatic rings. The number of nitrogens with one attached hydrogen (secondary N) is 1. The lowest BCUT2D eigenvalue weighted by molar-refractivity contribution is 0.547. The molecule has 0 saturated heterocycles. The first-order valence-electron chi connectivity index (χ1n) is 6.09. The van der Waals surface area contributed by atoms with Gasteiger partial charge in [0, 0.05) is 0 Å². The van der Waals surface area contributed by atoms with Gasteiger partial charge in [-0.05, 0) is 30.8 Å². The molecule has 0 aliphatic carbocycles. The van der Waals surface area contributed by atoms with Crippen LogP contribution in [0.5, 0.6) is 0 Å². The topological polar surface area (TPSA) is 59.6 Å². The van der Waals surface area contributed by atoms with Gasteiger partial charge in [-0.1, -0.05) is 36.7 Å². The standard InChI is InChI=1S/C13H11ClN4OS/c1-2-9-10(14)11(12-15-16-13(20)19-12)18(17-9)8-6-4-3-5-7-8/h3-7H,2H2,1H3,(H,16,20). The van der Waals surface area contributed by atoms with Gasteiger partial charge in [-0.15, -0.1) is 5.10 Å². The first kappa shape index (κ1) is 13.1. The molecule has 0 fully saturated rings. The molecule has 0 saturated carbocycles. The number of aryl methyl sites for hydroxylation is 1. The number of aromatic amines is 1. The highest BCUT2D eigenvalue weighted by molar-refractivity contribution is 7.71. The Morgan fingerprint density at radius 1 is 1.35 bits per heavy atom. The number of rotatable bonds is 3. The monoisotopic (exact) mass is 306 g/mol. The first-order valence-corrected chi connectivity index (χ1v) is 6.88. The summed E-state index contributed by atoms with van der Waals surface area (Å²) in [5.74, 6) is 0.330. The molecule has 0 unspecified atom stereocenters. The second-order valence-corrected chi connectivity index (χ2v) is 4.88. The van der Waals surface area contributed by atoms with E-state index >= 15 is 0 Å². The number of para-hydroxylation sites is 1. The molecule has 3 aromatic rings. The highest BCUT2D eigenvalue weighted by Crippen LogP contribution is 2.32. The van der Waals surface area contributed by atoms with E-state index in [4.69, 9.17) is 28.2 Å². The molecule has 20 heavy (non-hydrogen) atoms. The van der Waals surface area contributed by atoms with Gasteiger partial charge < -0.3 is 4.42 Å². The SMILES string of the molecule is CCc1nn(-c2ccccc2)c(-c2n[nH]c(=S)o2)c1Cl. The van der Waals surface area contributed by atoms with Crippen molar-refractivity contribution in [3.8, 4) is 17.3 Å². The maximum Gasteiger partial charge on any atom is 0.284 e. The molecular formula is C13H11ClN4OS. The van der Waals surface area contributed by atoms with Crippen LogP contribution in [0, 0.1) is 4.84 Å². The normalized spacial score (nSPS) is 10.9. The molecular weight excluding hydrogens is 296 g/mol. The first-order chi connectivity index (χ1) is 9.70. The van der Waals surface area contributed by atoms with Crippen LogP contribution < -0.4 is 0 Å². The minimum Gasteiger partial charge on any atom is -0.408 e. The molecule has 0 spiro atoms. The summed E-state index contributed by atoms with van der Waals surface area (Å²) in [6.07, 6.45) is 0.719. The average molecular weight is 307 g/mol. The van der Waals surface area contributed by atoms with Crippen LogP contribution in [-0.2, 0) is 6.42 Å². The van der Waals surface area contributed by atoms with Crippen molar-refractivity contribution in [2.75, 3.05) is 0 Å². The van der Waals surface area contributed by atoms with Gasteiger partial charge in [-0.2, -0.15) is 5.10 Å². The minimum atomic E-state index is 0.204. The van der Waals surface area contributed by atoms with E-state index in [-0.39, 0.29) is 4.84 Å². The third-order valence-electron chi connectivity index (χ3n) is 2.87. The number of H-pyrrole nitrogens is 1. The van der Waals surface area contributed by atoms with Gasteiger partial charge in [-0.3, -0.25) is 0 Å². The Morgan fingerprint density at radius 2 is 2.10 bits per heavy atom. The van der Waals surface area contributed by atoms with Crippen LogP contribution in [-0.4, -0.2) is 20.0 Å². The summed E-state index contributed by atoms with van der Waals surface area (Å²) in [6.45, 7) is 1.99. The molecule has 1 aromatic carbocycles. The van der Waals surface area contributed by atoms with Gasteiger partial charge in [0.15, 0.2) is 0 Å². The van der Waals surface area contributed by atoms with Gasteiger partial charge in [0.25, 0.3) is 10.7 Å². The number of hydrogen-bond acceptors (Lipinski definition) is 4. The van der Waals surface area contributed by atoms with Gasteiger partial charge in [0.1, 0.15) is 5.69 Å². The lowest BCUT2D eigenvalue weighted by Crippen LogP contribution is -1.99. The van der Waals surface area contributed by atoms with E-state index in [1.54, 1.807) is 4.68 Å². The van der Waals surface area contributed by atoms with E-state index in [0.717, 1.165) is 17.8 Å². The van der Waals surface area contributed by atoms with Crippen LogP contribution >= 0.6 is 23.8 Å². The van der Waals surface area contributed by atoms with Crippen molar-refractivity contribution in [1.82, 2.24) is 20.0 Å². The minimum absolute atomic E-state index is 0.204. The molecule has 1 N–H and O–H groups in total. The summed E-state index contributed by atoms with van der Waals surface area (Å²) in [6, 6.07) is 9.68. The van der Waals surface area contributed by atoms with Gasteiger partial charge in [0.05, 0.1) is 16.4 Å². The van der Waals surface area contributed by atoms with E-state index in [9.17, 15) is 0 Å². The molecule has 0 atom stereocenters. The smallest absolute Gasteiger partial charge is 0.284 e. The zero-order chi connectivity index (χ0) is 14.1. The lowest BCUT2D eigenvalue weighted by Gasteiger charge is -2.04. The van der Waals surface area contributed by atoms with Crippen molar-refractivity contribution in [3.63, 3.8) is 0 Å². The van der Waals surface area contributed by atoms with Crippen molar-refractivity contribution in [2.24, 2.45) is 0 Å². The molecule has 5 nitrogen and oxygen atoms in total. The molecule has 7 heteroatoms. The molecule has 2 heterocycles. The van der Waals surface area contributed by atoms with Crippen LogP contribution in [0.4, 0.5) is 0 Å². The number of hydrogen-bond donors (Lipinski definition) is 1. The zero-order valence-corrected chi connectivity index (χ0v) is 12.2. The summed E-state index contributed by atoms with van der Waals surface area (Å²) < 4.78 is 7.09. The third-order valence-corrected chi connectivity index (χ3v) is 3.44. The van der Waals surface area contributed by atoms with Crippen LogP contribution in [0.15, 0.2) is 34.7 Å². The van der Waals surface area contributed by atoms with Crippen molar-refractivity contribution >= 4 is 23.8 Å². The number of aromatic nitrogens is 4. The summed E-state index contributed by atoms with van der Waals surface area (Å²) in [5, 5.41) is 11.7. The van der Waals surface area contributed by atoms with Crippen molar-refractivity contribution in [2.45, 2.75) is 13.3 Å². The van der Waals surface area contributed by atoms with Gasteiger partial charge >= 0.3 is 0 Å². The second-order valence-electron chi connectivity index (χ2n) is 4.13. The highest BCUT2D eigenvalue weighted by Gasteiger charge is 2.21. The fraction of sp³-hybridized carbons (Fsp3) is 0.154. The molecule has 0 radical (unpaired) electrons. The second kappa shape index (κ2) is 5.22. The fourth-order valence-electron chi connectivity index (χ4n) is 1.94. The molecule has 2 aromatic heterocycles. The quantitative estimate of drug-likeness (QED) is 0.748. The summed E-state index contributed by atoms with van der Waals surface area (Å²) in [5.41, 5.74) is 2.27. The van der Waals surface area contributed by atoms with Crippen molar-refractivity contribution in [1.29, 1.82) is 0 Å². The van der Waals surface area contributed by atoms with E-state index < -0.39 is 0 Å². The van der Waals surface area contributed by atoms with E-state index in [1.165, 1.54) is 0 Å². The van der Waals surface area contributed by atoms with E-state index in [2.05, 4.69) is 15.3 Å². The summed E-state index contributed by atoms with van der Waals surface area (Å²) in [4.78, 5) is 0.204. The van der Waals surface area contributed by atoms with Crippen LogP contribution in [0.1, 0.15) is 12.6 Å². The summed E-state index contributed by atoms with van der Waals surface area (Å²) in [7, 11) is 0. The Morgan fingerprint density at radius 3 is 2.70 bits per heavy atom. The number of nitrogens with zero attached hydrogens (tertiary/aromatic N) is 3. The highest BCUT2D eigenvalue weighted by atomic mass is 35.5. The third kappa shape index (κ3) is 2.17. The predicted molar refractivity (Wildman–Crippen MR) is 78.6 cm³/mol. The van der Waals surface area contributed by atoms with Crippen molar-refractivity contribution < 1.29 is 4.42 Å². The Hall–Kier alpha value is -1.92. The molecule has 0 amide bonds. The number of benzene rings is 1. The Labute approximate surface area is 125 Å². The molecule has 0 aliphatic heterocycles.